The van der Waals surface area contributed by atoms with E-state index in [9.17, 15) is 9.90 Å². The van der Waals surface area contributed by atoms with Crippen LogP contribution in [0.4, 0.5) is 0 Å². The molecule has 1 atom stereocenters. The average Bonchev–Trinajstić information content (AvgIpc) is 2.58. The number of hydrogen-bond donors (Lipinski definition) is 1. The van der Waals surface area contributed by atoms with Crippen molar-refractivity contribution in [2.24, 2.45) is 0 Å². The van der Waals surface area contributed by atoms with Crippen LogP contribution in [0.15, 0.2) is 54.6 Å². The van der Waals surface area contributed by atoms with Gasteiger partial charge in [0, 0.05) is 11.8 Å². The number of aliphatic hydroxyl groups excluding tert-OH is 1. The average molecular weight is 363 g/mol. The number of halogens is 1. The van der Waals surface area contributed by atoms with Gasteiger partial charge in [0.05, 0.1) is 11.7 Å². The molecule has 0 unspecified atom stereocenters. The minimum Gasteiger partial charge on any atom is -0.490 e. The molecule has 0 fully saturated rings. The van der Waals surface area contributed by atoms with E-state index >= 15 is 0 Å². The first-order valence-electron chi connectivity index (χ1n) is 7.23. The lowest BCUT2D eigenvalue weighted by atomic mass is 10.0. The fourth-order valence-electron chi connectivity index (χ4n) is 2.09. The van der Waals surface area contributed by atoms with Crippen molar-refractivity contribution in [3.63, 3.8) is 0 Å². The fourth-order valence-corrected chi connectivity index (χ4v) is 2.28. The third-order valence-electron chi connectivity index (χ3n) is 3.28. The minimum atomic E-state index is -0.590. The molecule has 0 aliphatic carbocycles. The van der Waals surface area contributed by atoms with Gasteiger partial charge >= 0.3 is 0 Å². The number of carbonyl (C=O) groups excluding carboxylic acids is 1. The Labute approximate surface area is 139 Å². The van der Waals surface area contributed by atoms with Crippen LogP contribution in [-0.4, -0.2) is 28.9 Å². The van der Waals surface area contributed by atoms with Gasteiger partial charge in [-0.25, -0.2) is 0 Å². The van der Waals surface area contributed by atoms with Crippen molar-refractivity contribution in [3.8, 4) is 5.75 Å². The first-order chi connectivity index (χ1) is 10.7. The Hall–Kier alpha value is -1.65. The van der Waals surface area contributed by atoms with E-state index in [0.29, 0.717) is 29.5 Å². The smallest absolute Gasteiger partial charge is 0.166 e. The van der Waals surface area contributed by atoms with Gasteiger partial charge in [-0.1, -0.05) is 58.4 Å². The molecule has 0 saturated carbocycles. The van der Waals surface area contributed by atoms with Crippen LogP contribution in [-0.2, 0) is 6.42 Å². The maximum atomic E-state index is 12.4. The number of rotatable bonds is 8. The minimum absolute atomic E-state index is 0.0489. The van der Waals surface area contributed by atoms with Crippen LogP contribution in [0.25, 0.3) is 0 Å². The van der Waals surface area contributed by atoms with Crippen LogP contribution in [0.2, 0.25) is 0 Å². The lowest BCUT2D eigenvalue weighted by Gasteiger charge is -2.13. The van der Waals surface area contributed by atoms with E-state index in [-0.39, 0.29) is 12.4 Å². The lowest BCUT2D eigenvalue weighted by Crippen LogP contribution is -2.19. The number of hydrogen-bond acceptors (Lipinski definition) is 3. The van der Waals surface area contributed by atoms with Gasteiger partial charge in [0.25, 0.3) is 0 Å². The van der Waals surface area contributed by atoms with Crippen LogP contribution in [0.3, 0.4) is 0 Å². The Bertz CT molecular complexity index is 598. The Morgan fingerprint density at radius 1 is 1.09 bits per heavy atom. The number of ether oxygens (including phenoxy) is 1. The molecule has 0 aliphatic rings. The van der Waals surface area contributed by atoms with Crippen molar-refractivity contribution in [1.82, 2.24) is 0 Å². The van der Waals surface area contributed by atoms with Crippen molar-refractivity contribution < 1.29 is 14.6 Å². The molecule has 0 bridgehead atoms. The maximum absolute atomic E-state index is 12.4. The maximum Gasteiger partial charge on any atom is 0.166 e. The normalized spacial score (nSPS) is 11.9. The van der Waals surface area contributed by atoms with Gasteiger partial charge in [-0.2, -0.15) is 0 Å². The number of carbonyl (C=O) groups is 1. The van der Waals surface area contributed by atoms with Gasteiger partial charge < -0.3 is 9.84 Å². The van der Waals surface area contributed by atoms with Crippen LogP contribution in [0.1, 0.15) is 22.3 Å². The molecule has 2 rings (SSSR count). The zero-order valence-electron chi connectivity index (χ0n) is 12.2. The molecule has 0 saturated heterocycles. The molecule has 0 amide bonds. The molecule has 2 aromatic carbocycles. The quantitative estimate of drug-likeness (QED) is 0.576. The van der Waals surface area contributed by atoms with Crippen LogP contribution < -0.4 is 4.74 Å². The molecule has 0 spiro atoms. The summed E-state index contributed by atoms with van der Waals surface area (Å²) >= 11 is 3.19. The largest absolute Gasteiger partial charge is 0.490 e. The molecular formula is C18H19BrO3. The summed E-state index contributed by atoms with van der Waals surface area (Å²) in [6.45, 7) is 0.161. The number of para-hydroxylation sites is 1. The second kappa shape index (κ2) is 8.71. The van der Waals surface area contributed by atoms with Gasteiger partial charge in [0.15, 0.2) is 5.78 Å². The summed E-state index contributed by atoms with van der Waals surface area (Å²) in [6.07, 6.45) is 0.552. The standard InChI is InChI=1S/C18H19BrO3/c19-12-15(20)13-22-18-9-5-4-8-16(18)17(21)11-10-14-6-2-1-3-7-14/h1-9,15,20H,10-13H2/t15-/m0/s1. The van der Waals surface area contributed by atoms with E-state index in [2.05, 4.69) is 15.9 Å². The Morgan fingerprint density at radius 2 is 1.77 bits per heavy atom. The van der Waals surface area contributed by atoms with Crippen molar-refractivity contribution in [2.45, 2.75) is 18.9 Å². The third-order valence-corrected chi connectivity index (χ3v) is 4.03. The zero-order valence-corrected chi connectivity index (χ0v) is 13.8. The molecule has 0 radical (unpaired) electrons. The number of aryl methyl sites for hydroxylation is 1. The van der Waals surface area contributed by atoms with Crippen molar-refractivity contribution in [1.29, 1.82) is 0 Å². The number of ketones is 1. The summed E-state index contributed by atoms with van der Waals surface area (Å²) in [5.74, 6) is 0.577. The SMILES string of the molecule is O=C(CCc1ccccc1)c1ccccc1OC[C@@H](O)CBr. The highest BCUT2D eigenvalue weighted by Gasteiger charge is 2.13. The monoisotopic (exact) mass is 362 g/mol. The molecule has 0 heterocycles. The highest BCUT2D eigenvalue weighted by Crippen LogP contribution is 2.21. The van der Waals surface area contributed by atoms with Gasteiger partial charge in [-0.15, -0.1) is 0 Å². The highest BCUT2D eigenvalue weighted by molar-refractivity contribution is 9.09. The molecule has 2 aromatic rings. The zero-order chi connectivity index (χ0) is 15.8. The lowest BCUT2D eigenvalue weighted by molar-refractivity contribution is 0.0968. The van der Waals surface area contributed by atoms with Gasteiger partial charge in [0.2, 0.25) is 0 Å². The van der Waals surface area contributed by atoms with Crippen molar-refractivity contribution >= 4 is 21.7 Å². The Balaban J connectivity index is 1.99. The topological polar surface area (TPSA) is 46.5 Å². The van der Waals surface area contributed by atoms with Gasteiger partial charge in [0.1, 0.15) is 12.4 Å². The molecule has 3 nitrogen and oxygen atoms in total. The number of alkyl halides is 1. The summed E-state index contributed by atoms with van der Waals surface area (Å²) in [6, 6.07) is 17.1. The third kappa shape index (κ3) is 4.97. The van der Waals surface area contributed by atoms with Gasteiger partial charge in [-0.3, -0.25) is 4.79 Å². The van der Waals surface area contributed by atoms with E-state index in [1.165, 1.54) is 0 Å². The Morgan fingerprint density at radius 3 is 2.50 bits per heavy atom. The number of benzene rings is 2. The van der Waals surface area contributed by atoms with Crippen LogP contribution in [0.5, 0.6) is 5.75 Å². The molecule has 116 valence electrons. The molecule has 22 heavy (non-hydrogen) atoms. The first kappa shape index (κ1) is 16.7. The molecule has 1 N–H and O–H groups in total. The van der Waals surface area contributed by atoms with E-state index in [1.807, 2.05) is 42.5 Å². The van der Waals surface area contributed by atoms with Crippen LogP contribution in [0, 0.1) is 0 Å². The summed E-state index contributed by atoms with van der Waals surface area (Å²) in [4.78, 5) is 12.4. The van der Waals surface area contributed by atoms with E-state index in [0.717, 1.165) is 5.56 Å². The van der Waals surface area contributed by atoms with E-state index in [1.54, 1.807) is 12.1 Å². The molecular weight excluding hydrogens is 344 g/mol. The molecule has 0 aliphatic heterocycles. The van der Waals surface area contributed by atoms with E-state index in [4.69, 9.17) is 4.74 Å². The number of aliphatic hydroxyl groups is 1. The predicted octanol–water partition coefficient (Wildman–Crippen LogP) is 3.64. The van der Waals surface area contributed by atoms with Crippen molar-refractivity contribution in [2.75, 3.05) is 11.9 Å². The predicted molar refractivity (Wildman–Crippen MR) is 90.8 cm³/mol. The molecule has 4 heteroatoms. The fraction of sp³-hybridized carbons (Fsp3) is 0.278. The second-order valence-electron chi connectivity index (χ2n) is 5.02. The highest BCUT2D eigenvalue weighted by atomic mass is 79.9. The van der Waals surface area contributed by atoms with Crippen LogP contribution >= 0.6 is 15.9 Å². The van der Waals surface area contributed by atoms with Crippen molar-refractivity contribution in [3.05, 3.63) is 65.7 Å². The summed E-state index contributed by atoms with van der Waals surface area (Å²) in [7, 11) is 0. The summed E-state index contributed by atoms with van der Waals surface area (Å²) < 4.78 is 5.56. The number of Topliss-reactive ketones (excluding diaryl/α,β-unsaturated/α-hetero) is 1. The van der Waals surface area contributed by atoms with E-state index < -0.39 is 6.10 Å². The molecule has 0 aromatic heterocycles. The Kier molecular flexibility index (Phi) is 6.62. The summed E-state index contributed by atoms with van der Waals surface area (Å²) in [5, 5.41) is 9.99. The summed E-state index contributed by atoms with van der Waals surface area (Å²) in [5.41, 5.74) is 1.71. The second-order valence-corrected chi connectivity index (χ2v) is 5.67. The first-order valence-corrected chi connectivity index (χ1v) is 8.36. The van der Waals surface area contributed by atoms with Gasteiger partial charge in [-0.05, 0) is 24.1 Å².